The number of fused-ring (bicyclic) bond motifs is 3. The molecule has 1 aliphatic carbocycles. The zero-order chi connectivity index (χ0) is 28.0. The maximum absolute atomic E-state index is 10.3. The summed E-state index contributed by atoms with van der Waals surface area (Å²) < 4.78 is 9.16. The van der Waals surface area contributed by atoms with Crippen molar-refractivity contribution in [2.75, 3.05) is 7.11 Å². The third-order valence-corrected chi connectivity index (χ3v) is 8.01. The minimum absolute atomic E-state index is 0.000752. The number of nitrogens with zero attached hydrogens (tertiary/aromatic N) is 2. The van der Waals surface area contributed by atoms with Gasteiger partial charge in [-0.05, 0) is 43.5 Å². The van der Waals surface area contributed by atoms with Crippen LogP contribution in [0.1, 0.15) is 43.0 Å². The van der Waals surface area contributed by atoms with Crippen molar-refractivity contribution in [1.29, 1.82) is 0 Å². The second kappa shape index (κ2) is 10.6. The molecule has 0 saturated heterocycles. The second-order valence-corrected chi connectivity index (χ2v) is 11.1. The van der Waals surface area contributed by atoms with Gasteiger partial charge in [-0.2, -0.15) is 0 Å². The first kappa shape index (κ1) is 27.1. The van der Waals surface area contributed by atoms with Crippen LogP contribution in [-0.2, 0) is 9.53 Å². The molecule has 0 bridgehead atoms. The van der Waals surface area contributed by atoms with Gasteiger partial charge >= 0.3 is 12.1 Å². The summed E-state index contributed by atoms with van der Waals surface area (Å²) in [5, 5.41) is 4.04. The second-order valence-electron chi connectivity index (χ2n) is 10.3. The molecule has 4 nitrogen and oxygen atoms in total. The van der Waals surface area contributed by atoms with Gasteiger partial charge in [-0.25, -0.2) is 0 Å². The van der Waals surface area contributed by atoms with Crippen LogP contribution in [0.15, 0.2) is 72.8 Å². The standard InChI is InChI=1S/C28H22Cl2N2.C5H10O2/c1-16-8-4-14-22(29)25(16)31-18(3)32(26-17(2)9-5-15-23(26)30)28-21-13-7-11-19-10-6-12-20(24(19)21)27(28)31;1-4(2)5(6)7-3/h4-15,18H,1-3H3;4H,1-3H3/q+2;. The monoisotopic (exact) mass is 558 g/mol. The molecule has 0 amide bonds. The molecule has 1 heterocycles. The van der Waals surface area contributed by atoms with Gasteiger partial charge in [0.15, 0.2) is 0 Å². The first-order valence-corrected chi connectivity index (χ1v) is 13.9. The molecule has 0 aromatic heterocycles. The van der Waals surface area contributed by atoms with Gasteiger partial charge in [0.05, 0.1) is 31.1 Å². The van der Waals surface area contributed by atoms with Gasteiger partial charge in [0.1, 0.15) is 10.0 Å². The molecule has 4 aromatic carbocycles. The zero-order valence-electron chi connectivity index (χ0n) is 23.0. The number of halogens is 2. The molecule has 0 spiro atoms. The summed E-state index contributed by atoms with van der Waals surface area (Å²) in [5.74, 6) is -0.148. The van der Waals surface area contributed by atoms with Crippen molar-refractivity contribution < 1.29 is 18.7 Å². The third kappa shape index (κ3) is 4.46. The highest BCUT2D eigenvalue weighted by molar-refractivity contribution is 6.58. The number of ether oxygens (including phenoxy) is 1. The topological polar surface area (TPSA) is 32.3 Å². The fourth-order valence-electron chi connectivity index (χ4n) is 5.66. The summed E-state index contributed by atoms with van der Waals surface area (Å²) in [5.41, 5.74) is 9.27. The molecule has 4 aromatic rings. The molecule has 0 N–H and O–H groups in total. The Morgan fingerprint density at radius 1 is 0.769 bits per heavy atom. The number of hydrogen-bond donors (Lipinski definition) is 0. The summed E-state index contributed by atoms with van der Waals surface area (Å²) in [7, 11) is 1.39. The lowest BCUT2D eigenvalue weighted by Crippen LogP contribution is -2.27. The predicted octanol–water partition coefficient (Wildman–Crippen LogP) is 8.22. The highest BCUT2D eigenvalue weighted by atomic mass is 35.5. The van der Waals surface area contributed by atoms with Crippen LogP contribution in [0.3, 0.4) is 0 Å². The maximum Gasteiger partial charge on any atom is 0.352 e. The van der Waals surface area contributed by atoms with Crippen LogP contribution in [0.4, 0.5) is 11.4 Å². The van der Waals surface area contributed by atoms with Gasteiger partial charge in [0.25, 0.3) is 11.4 Å². The van der Waals surface area contributed by atoms with E-state index in [0.717, 1.165) is 32.5 Å². The number of carbonyl (C=O) groups is 1. The van der Waals surface area contributed by atoms with Crippen molar-refractivity contribution in [3.05, 3.63) is 105 Å². The SMILES string of the molecule is COC(=O)C(C)C.Cc1cccc(Cl)c1[N+]1=C2C(=[N+](c3c(C)cccc3Cl)C1C)c1cccc3cccc2c13. The summed E-state index contributed by atoms with van der Waals surface area (Å²) >= 11 is 13.7. The molecule has 0 saturated carbocycles. The minimum Gasteiger partial charge on any atom is -0.469 e. The molecule has 0 fully saturated rings. The van der Waals surface area contributed by atoms with E-state index in [4.69, 9.17) is 23.2 Å². The first-order valence-electron chi connectivity index (χ1n) is 13.1. The minimum atomic E-state index is -0.153. The Morgan fingerprint density at radius 2 is 1.21 bits per heavy atom. The molecule has 6 rings (SSSR count). The van der Waals surface area contributed by atoms with Crippen LogP contribution in [0.2, 0.25) is 10.0 Å². The summed E-state index contributed by atoms with van der Waals surface area (Å²) in [4.78, 5) is 10.3. The highest BCUT2D eigenvalue weighted by Crippen LogP contribution is 2.42. The number of aryl methyl sites for hydroxylation is 2. The van der Waals surface area contributed by atoms with Crippen molar-refractivity contribution in [3.8, 4) is 0 Å². The Balaban J connectivity index is 0.000000392. The largest absolute Gasteiger partial charge is 0.469 e. The fourth-order valence-corrected chi connectivity index (χ4v) is 6.28. The van der Waals surface area contributed by atoms with E-state index < -0.39 is 0 Å². The third-order valence-electron chi connectivity index (χ3n) is 7.40. The van der Waals surface area contributed by atoms with Crippen molar-refractivity contribution in [2.45, 2.75) is 40.8 Å². The van der Waals surface area contributed by atoms with Gasteiger partial charge in [-0.15, -0.1) is 9.15 Å². The van der Waals surface area contributed by atoms with Crippen LogP contribution in [0.5, 0.6) is 0 Å². The molecule has 0 unspecified atom stereocenters. The molecular formula is C33H32Cl2N2O2+2. The highest BCUT2D eigenvalue weighted by Gasteiger charge is 2.54. The Kier molecular flexibility index (Phi) is 7.37. The Morgan fingerprint density at radius 3 is 1.56 bits per heavy atom. The molecule has 1 aliphatic heterocycles. The van der Waals surface area contributed by atoms with Gasteiger partial charge in [0.2, 0.25) is 11.4 Å². The fraction of sp³-hybridized carbons (Fsp3) is 0.242. The Hall–Kier alpha value is -3.47. The molecule has 6 heteroatoms. The van der Waals surface area contributed by atoms with Gasteiger partial charge in [0, 0.05) is 16.5 Å². The van der Waals surface area contributed by atoms with Crippen LogP contribution >= 0.6 is 23.2 Å². The number of benzene rings is 4. The van der Waals surface area contributed by atoms with E-state index in [2.05, 4.69) is 83.2 Å². The lowest BCUT2D eigenvalue weighted by molar-refractivity contribution is -0.687. The van der Waals surface area contributed by atoms with E-state index in [-0.39, 0.29) is 18.1 Å². The summed E-state index contributed by atoms with van der Waals surface area (Å²) in [6.07, 6.45) is 0.000752. The van der Waals surface area contributed by atoms with Crippen molar-refractivity contribution in [3.63, 3.8) is 0 Å². The average molecular weight is 560 g/mol. The smallest absolute Gasteiger partial charge is 0.352 e. The molecular weight excluding hydrogens is 527 g/mol. The maximum atomic E-state index is 10.3. The number of rotatable bonds is 3. The molecule has 198 valence electrons. The summed E-state index contributed by atoms with van der Waals surface area (Å²) in [6, 6.07) is 25.3. The van der Waals surface area contributed by atoms with E-state index in [1.807, 2.05) is 24.3 Å². The normalized spacial score (nSPS) is 14.2. The van der Waals surface area contributed by atoms with Gasteiger partial charge < -0.3 is 4.74 Å². The number of carbonyl (C=O) groups excluding carboxylic acids is 1. The number of methoxy groups -OCH3 is 1. The number of para-hydroxylation sites is 2. The Bertz CT molecular complexity index is 1550. The molecule has 0 atom stereocenters. The van der Waals surface area contributed by atoms with E-state index in [9.17, 15) is 4.79 Å². The van der Waals surface area contributed by atoms with E-state index >= 15 is 0 Å². The average Bonchev–Trinajstić information content (AvgIpc) is 3.38. The lowest BCUT2D eigenvalue weighted by atomic mass is 10.0. The predicted molar refractivity (Wildman–Crippen MR) is 161 cm³/mol. The van der Waals surface area contributed by atoms with E-state index in [0.29, 0.717) is 0 Å². The van der Waals surface area contributed by atoms with Crippen LogP contribution < -0.4 is 0 Å². The Labute approximate surface area is 239 Å². The molecule has 2 aliphatic rings. The lowest BCUT2D eigenvalue weighted by Gasteiger charge is -2.12. The van der Waals surface area contributed by atoms with Crippen molar-refractivity contribution in [1.82, 2.24) is 0 Å². The van der Waals surface area contributed by atoms with Crippen LogP contribution in [0, 0.1) is 19.8 Å². The van der Waals surface area contributed by atoms with Crippen molar-refractivity contribution in [2.24, 2.45) is 5.92 Å². The van der Waals surface area contributed by atoms with Crippen LogP contribution in [-0.4, -0.2) is 39.8 Å². The number of esters is 1. The molecule has 39 heavy (non-hydrogen) atoms. The van der Waals surface area contributed by atoms with Gasteiger partial charge in [-0.1, -0.05) is 85.6 Å². The van der Waals surface area contributed by atoms with E-state index in [1.54, 1.807) is 13.8 Å². The summed E-state index contributed by atoms with van der Waals surface area (Å²) in [6.45, 7) is 10.1. The quantitative estimate of drug-likeness (QED) is 0.187. The molecule has 0 radical (unpaired) electrons. The van der Waals surface area contributed by atoms with E-state index in [1.165, 1.54) is 40.4 Å². The zero-order valence-corrected chi connectivity index (χ0v) is 24.6. The number of hydrogen-bond acceptors (Lipinski definition) is 2. The van der Waals surface area contributed by atoms with Gasteiger partial charge in [-0.3, -0.25) is 4.79 Å². The van der Waals surface area contributed by atoms with Crippen LogP contribution in [0.25, 0.3) is 10.8 Å². The van der Waals surface area contributed by atoms with Crippen molar-refractivity contribution >= 4 is 62.7 Å². The first-order chi connectivity index (χ1) is 18.7.